The molecule has 0 atom stereocenters. The molecule has 3 rings (SSSR count). The maximum Gasteiger partial charge on any atom is 0.343 e. The maximum absolute atomic E-state index is 14.2. The van der Waals surface area contributed by atoms with Crippen LogP contribution in [0, 0.1) is 17.7 Å². The zero-order chi connectivity index (χ0) is 25.6. The first kappa shape index (κ1) is 28.0. The molecule has 5 heteroatoms. The van der Waals surface area contributed by atoms with E-state index in [0.717, 1.165) is 42.9 Å². The van der Waals surface area contributed by atoms with Crippen LogP contribution in [0.15, 0.2) is 42.5 Å². The molecule has 0 amide bonds. The lowest BCUT2D eigenvalue weighted by atomic mass is 9.78. The standard InChI is InChI=1S/C31H43FO4/c1-3-5-7-9-24-11-13-25(14-12-24)10-8-22-34-27-16-18-28(19-17-27)36-31(33)26-15-20-30(29(32)23-26)35-21-6-4-2/h15-20,23-25H,3-14,21-22H2,1-2H3. The second-order valence-electron chi connectivity index (χ2n) is 10.1. The third-order valence-corrected chi connectivity index (χ3v) is 7.17. The normalized spacial score (nSPS) is 17.5. The van der Waals surface area contributed by atoms with Gasteiger partial charge in [0.1, 0.15) is 11.5 Å². The predicted octanol–water partition coefficient (Wildman–Crippen LogP) is 8.77. The summed E-state index contributed by atoms with van der Waals surface area (Å²) in [5.74, 6) is 1.93. The molecule has 1 saturated carbocycles. The minimum atomic E-state index is -0.609. The zero-order valence-electron chi connectivity index (χ0n) is 22.1. The minimum absolute atomic E-state index is 0.144. The summed E-state index contributed by atoms with van der Waals surface area (Å²) >= 11 is 0. The van der Waals surface area contributed by atoms with Gasteiger partial charge in [-0.2, -0.15) is 0 Å². The van der Waals surface area contributed by atoms with Crippen molar-refractivity contribution in [3.8, 4) is 17.2 Å². The Hall–Kier alpha value is -2.56. The van der Waals surface area contributed by atoms with Crippen LogP contribution in [0.25, 0.3) is 0 Å². The van der Waals surface area contributed by atoms with E-state index >= 15 is 0 Å². The van der Waals surface area contributed by atoms with Gasteiger partial charge in [0.2, 0.25) is 0 Å². The van der Waals surface area contributed by atoms with Gasteiger partial charge in [0, 0.05) is 0 Å². The van der Waals surface area contributed by atoms with Crippen molar-refractivity contribution in [1.29, 1.82) is 0 Å². The van der Waals surface area contributed by atoms with Gasteiger partial charge in [0.15, 0.2) is 11.6 Å². The molecule has 0 N–H and O–H groups in total. The molecule has 0 aromatic heterocycles. The number of unbranched alkanes of at least 4 members (excludes halogenated alkanes) is 3. The molecule has 0 unspecified atom stereocenters. The molecular formula is C31H43FO4. The molecule has 0 saturated heterocycles. The van der Waals surface area contributed by atoms with E-state index in [1.807, 2.05) is 6.92 Å². The van der Waals surface area contributed by atoms with E-state index in [-0.39, 0.29) is 11.3 Å². The highest BCUT2D eigenvalue weighted by molar-refractivity contribution is 5.91. The Kier molecular flexibility index (Phi) is 12.1. The van der Waals surface area contributed by atoms with Gasteiger partial charge in [0.05, 0.1) is 18.8 Å². The van der Waals surface area contributed by atoms with Gasteiger partial charge in [-0.1, -0.05) is 71.6 Å². The van der Waals surface area contributed by atoms with Crippen LogP contribution in [0.4, 0.5) is 4.39 Å². The van der Waals surface area contributed by atoms with Crippen LogP contribution in [-0.2, 0) is 0 Å². The highest BCUT2D eigenvalue weighted by atomic mass is 19.1. The molecule has 0 radical (unpaired) electrons. The first-order valence-corrected chi connectivity index (χ1v) is 14.0. The topological polar surface area (TPSA) is 44.8 Å². The SMILES string of the molecule is CCCCCC1CCC(CCCOc2ccc(OC(=O)c3ccc(OCCCC)c(F)c3)cc2)CC1. The summed E-state index contributed by atoms with van der Waals surface area (Å²) in [5.41, 5.74) is 0.144. The maximum atomic E-state index is 14.2. The first-order chi connectivity index (χ1) is 17.6. The third kappa shape index (κ3) is 9.48. The molecule has 4 nitrogen and oxygen atoms in total. The monoisotopic (exact) mass is 498 g/mol. The molecular weight excluding hydrogens is 455 g/mol. The largest absolute Gasteiger partial charge is 0.494 e. The van der Waals surface area contributed by atoms with Crippen LogP contribution in [0.5, 0.6) is 17.2 Å². The fraction of sp³-hybridized carbons (Fsp3) is 0.581. The lowest BCUT2D eigenvalue weighted by Crippen LogP contribution is -2.15. The second kappa shape index (κ2) is 15.5. The number of esters is 1. The van der Waals surface area contributed by atoms with Crippen LogP contribution < -0.4 is 14.2 Å². The van der Waals surface area contributed by atoms with Gasteiger partial charge in [0.25, 0.3) is 0 Å². The Balaban J connectivity index is 1.34. The number of benzene rings is 2. The molecule has 1 fully saturated rings. The van der Waals surface area contributed by atoms with Crippen LogP contribution in [0.3, 0.4) is 0 Å². The molecule has 198 valence electrons. The summed E-state index contributed by atoms with van der Waals surface area (Å²) in [5, 5.41) is 0. The van der Waals surface area contributed by atoms with Gasteiger partial charge < -0.3 is 14.2 Å². The average molecular weight is 499 g/mol. The average Bonchev–Trinajstić information content (AvgIpc) is 2.89. The van der Waals surface area contributed by atoms with Gasteiger partial charge in [-0.3, -0.25) is 0 Å². The van der Waals surface area contributed by atoms with Crippen LogP contribution in [-0.4, -0.2) is 19.2 Å². The lowest BCUT2D eigenvalue weighted by molar-refractivity contribution is 0.0734. The summed E-state index contributed by atoms with van der Waals surface area (Å²) in [6.07, 6.45) is 15.2. The first-order valence-electron chi connectivity index (χ1n) is 14.0. The summed E-state index contributed by atoms with van der Waals surface area (Å²) in [6.45, 7) is 5.46. The fourth-order valence-electron chi connectivity index (χ4n) is 4.90. The fourth-order valence-corrected chi connectivity index (χ4v) is 4.90. The number of carbonyl (C=O) groups excluding carboxylic acids is 1. The molecule has 2 aromatic rings. The van der Waals surface area contributed by atoms with Crippen molar-refractivity contribution in [2.24, 2.45) is 11.8 Å². The number of hydrogen-bond donors (Lipinski definition) is 0. The zero-order valence-corrected chi connectivity index (χ0v) is 22.1. The Bertz CT molecular complexity index is 903. The minimum Gasteiger partial charge on any atom is -0.494 e. The molecule has 1 aliphatic carbocycles. The van der Waals surface area contributed by atoms with Crippen LogP contribution in [0.1, 0.15) is 101 Å². The molecule has 0 bridgehead atoms. The van der Waals surface area contributed by atoms with Crippen molar-refractivity contribution >= 4 is 5.97 Å². The van der Waals surface area contributed by atoms with Gasteiger partial charge in [-0.15, -0.1) is 0 Å². The Morgan fingerprint density at radius 2 is 1.39 bits per heavy atom. The summed E-state index contributed by atoms with van der Waals surface area (Å²) in [6, 6.07) is 11.1. The third-order valence-electron chi connectivity index (χ3n) is 7.17. The van der Waals surface area contributed by atoms with Gasteiger partial charge in [-0.25, -0.2) is 9.18 Å². The highest BCUT2D eigenvalue weighted by Gasteiger charge is 2.20. The summed E-state index contributed by atoms with van der Waals surface area (Å²) < 4.78 is 30.9. The van der Waals surface area contributed by atoms with Crippen molar-refractivity contribution in [3.63, 3.8) is 0 Å². The highest BCUT2D eigenvalue weighted by Crippen LogP contribution is 2.34. The van der Waals surface area contributed by atoms with Crippen molar-refractivity contribution in [3.05, 3.63) is 53.8 Å². The molecule has 0 aliphatic heterocycles. The predicted molar refractivity (Wildman–Crippen MR) is 143 cm³/mol. The van der Waals surface area contributed by atoms with E-state index in [1.54, 1.807) is 24.3 Å². The molecule has 36 heavy (non-hydrogen) atoms. The second-order valence-corrected chi connectivity index (χ2v) is 10.1. The van der Waals surface area contributed by atoms with Crippen molar-refractivity contribution in [2.45, 2.75) is 90.9 Å². The Morgan fingerprint density at radius 3 is 2.03 bits per heavy atom. The van der Waals surface area contributed by atoms with E-state index in [4.69, 9.17) is 14.2 Å². The molecule has 2 aromatic carbocycles. The number of rotatable bonds is 15. The number of hydrogen-bond acceptors (Lipinski definition) is 4. The quantitative estimate of drug-likeness (QED) is 0.140. The Morgan fingerprint density at radius 1 is 0.778 bits per heavy atom. The van der Waals surface area contributed by atoms with Crippen LogP contribution in [0.2, 0.25) is 0 Å². The lowest BCUT2D eigenvalue weighted by Gasteiger charge is -2.28. The molecule has 1 aliphatic rings. The van der Waals surface area contributed by atoms with Gasteiger partial charge in [-0.05, 0) is 73.6 Å². The van der Waals surface area contributed by atoms with E-state index in [0.29, 0.717) is 19.0 Å². The van der Waals surface area contributed by atoms with E-state index in [1.165, 1.54) is 69.9 Å². The van der Waals surface area contributed by atoms with E-state index in [9.17, 15) is 9.18 Å². The summed E-state index contributed by atoms with van der Waals surface area (Å²) in [4.78, 5) is 12.4. The van der Waals surface area contributed by atoms with Crippen molar-refractivity contribution < 1.29 is 23.4 Å². The Labute approximate surface area is 216 Å². The van der Waals surface area contributed by atoms with Crippen LogP contribution >= 0.6 is 0 Å². The number of carbonyl (C=O) groups is 1. The smallest absolute Gasteiger partial charge is 0.343 e. The molecule has 0 spiro atoms. The number of ether oxygens (including phenoxy) is 3. The van der Waals surface area contributed by atoms with Gasteiger partial charge >= 0.3 is 5.97 Å². The number of halogens is 1. The van der Waals surface area contributed by atoms with E-state index in [2.05, 4.69) is 6.92 Å². The van der Waals surface area contributed by atoms with E-state index < -0.39 is 11.8 Å². The van der Waals surface area contributed by atoms with Crippen molar-refractivity contribution in [2.75, 3.05) is 13.2 Å². The molecule has 0 heterocycles. The summed E-state index contributed by atoms with van der Waals surface area (Å²) in [7, 11) is 0. The van der Waals surface area contributed by atoms with Crippen molar-refractivity contribution in [1.82, 2.24) is 0 Å².